The monoisotopic (exact) mass is 464 g/mol. The number of nitrogens with one attached hydrogen (secondary N) is 1. The molecule has 1 aliphatic rings. The van der Waals surface area contributed by atoms with E-state index in [-0.39, 0.29) is 15.7 Å². The molecule has 4 rings (SSSR count). The molecule has 0 radical (unpaired) electrons. The molecule has 1 saturated heterocycles. The van der Waals surface area contributed by atoms with E-state index in [1.165, 1.54) is 21.7 Å². The van der Waals surface area contributed by atoms with Crippen molar-refractivity contribution < 1.29 is 13.2 Å². The van der Waals surface area contributed by atoms with Crippen molar-refractivity contribution in [3.05, 3.63) is 46.4 Å². The number of carbonyl (C=O) groups is 1. The summed E-state index contributed by atoms with van der Waals surface area (Å²) in [5, 5.41) is 4.55. The van der Waals surface area contributed by atoms with Crippen LogP contribution in [0.4, 0.5) is 0 Å². The van der Waals surface area contributed by atoms with E-state index in [1.54, 1.807) is 17.1 Å². The van der Waals surface area contributed by atoms with Gasteiger partial charge < -0.3 is 9.88 Å². The van der Waals surface area contributed by atoms with Gasteiger partial charge >= 0.3 is 0 Å². The third-order valence-corrected chi connectivity index (χ3v) is 9.04. The quantitative estimate of drug-likeness (QED) is 0.544. The average molecular weight is 465 g/mol. The first-order valence-corrected chi connectivity index (χ1v) is 13.3. The zero-order valence-corrected chi connectivity index (χ0v) is 19.2. The Hall–Kier alpha value is -1.88. The van der Waals surface area contributed by atoms with E-state index in [0.29, 0.717) is 19.6 Å². The van der Waals surface area contributed by atoms with Crippen LogP contribution in [0.15, 0.2) is 40.6 Å². The van der Waals surface area contributed by atoms with Crippen LogP contribution in [0.5, 0.6) is 0 Å². The molecule has 3 heterocycles. The molecule has 1 aliphatic heterocycles. The van der Waals surface area contributed by atoms with E-state index in [2.05, 4.69) is 14.9 Å². The highest BCUT2D eigenvalue weighted by atomic mass is 32.2. The first-order valence-electron chi connectivity index (χ1n) is 9.84. The summed E-state index contributed by atoms with van der Waals surface area (Å²) in [4.78, 5) is 17.6. The minimum atomic E-state index is -3.63. The molecular formula is C20H24N4O3S3. The summed E-state index contributed by atoms with van der Waals surface area (Å²) >= 11 is 2.92. The van der Waals surface area contributed by atoms with E-state index in [9.17, 15) is 13.2 Å². The molecule has 2 aromatic heterocycles. The molecule has 0 spiro atoms. The summed E-state index contributed by atoms with van der Waals surface area (Å²) in [6.07, 6.45) is 0.726. The van der Waals surface area contributed by atoms with Gasteiger partial charge in [-0.25, -0.2) is 13.4 Å². The lowest BCUT2D eigenvalue weighted by molar-refractivity contribution is 0.0953. The maximum atomic E-state index is 13.0. The van der Waals surface area contributed by atoms with Crippen LogP contribution in [0.3, 0.4) is 0 Å². The molecule has 0 unspecified atom stereocenters. The zero-order valence-electron chi connectivity index (χ0n) is 16.7. The molecule has 0 atom stereocenters. The maximum Gasteiger partial charge on any atom is 0.262 e. The number of amides is 1. The highest BCUT2D eigenvalue weighted by Crippen LogP contribution is 2.27. The summed E-state index contributed by atoms with van der Waals surface area (Å²) in [6.45, 7) is 4.14. The van der Waals surface area contributed by atoms with Gasteiger partial charge in [0.2, 0.25) is 10.0 Å². The van der Waals surface area contributed by atoms with Crippen molar-refractivity contribution in [1.82, 2.24) is 19.2 Å². The number of aromatic nitrogens is 2. The number of thiophene rings is 1. The Balaban J connectivity index is 1.38. The number of thioether (sulfide) groups is 1. The molecule has 160 valence electrons. The van der Waals surface area contributed by atoms with Crippen molar-refractivity contribution in [1.29, 1.82) is 0 Å². The average Bonchev–Trinajstić information content (AvgIpc) is 3.37. The Kier molecular flexibility index (Phi) is 6.47. The fourth-order valence-corrected chi connectivity index (χ4v) is 7.48. The summed E-state index contributed by atoms with van der Waals surface area (Å²) in [5.74, 6) is 2.18. The summed E-state index contributed by atoms with van der Waals surface area (Å²) in [7, 11) is -3.63. The van der Waals surface area contributed by atoms with Gasteiger partial charge in [0.05, 0.1) is 11.0 Å². The number of imidazole rings is 1. The normalized spacial score (nSPS) is 15.5. The molecule has 30 heavy (non-hydrogen) atoms. The van der Waals surface area contributed by atoms with Crippen molar-refractivity contribution in [3.63, 3.8) is 0 Å². The second-order valence-corrected chi connectivity index (χ2v) is 11.1. The molecular weight excluding hydrogens is 440 g/mol. The summed E-state index contributed by atoms with van der Waals surface area (Å²) < 4.78 is 29.5. The lowest BCUT2D eigenvalue weighted by Gasteiger charge is -2.25. The second-order valence-electron chi connectivity index (χ2n) is 7.04. The van der Waals surface area contributed by atoms with Crippen molar-refractivity contribution in [2.75, 3.05) is 31.1 Å². The van der Waals surface area contributed by atoms with E-state index < -0.39 is 10.0 Å². The minimum Gasteiger partial charge on any atom is -0.351 e. The van der Waals surface area contributed by atoms with E-state index >= 15 is 0 Å². The minimum absolute atomic E-state index is 0.119. The molecule has 1 fully saturated rings. The van der Waals surface area contributed by atoms with E-state index in [0.717, 1.165) is 41.3 Å². The van der Waals surface area contributed by atoms with Gasteiger partial charge in [0, 0.05) is 37.7 Å². The molecule has 10 heteroatoms. The standard InChI is InChI=1S/C20H24N4O3S3/c1-15-22-16-5-2-3-6-17(16)24(15)9-4-8-21-20(25)19-18(7-12-29-19)30(26,27)23-10-13-28-14-11-23/h2-3,5-7,12H,4,8-11,13-14H2,1H3,(H,21,25). The van der Waals surface area contributed by atoms with Crippen molar-refractivity contribution in [2.24, 2.45) is 0 Å². The fourth-order valence-electron chi connectivity index (χ4n) is 3.59. The number of para-hydroxylation sites is 2. The SMILES string of the molecule is Cc1nc2ccccc2n1CCCNC(=O)c1sccc1S(=O)(=O)N1CCSCC1. The first kappa shape index (κ1) is 21.4. The Morgan fingerprint density at radius 3 is 2.77 bits per heavy atom. The molecule has 7 nitrogen and oxygen atoms in total. The topological polar surface area (TPSA) is 84.3 Å². The van der Waals surface area contributed by atoms with E-state index in [4.69, 9.17) is 0 Å². The second kappa shape index (κ2) is 9.09. The van der Waals surface area contributed by atoms with Gasteiger partial charge in [-0.1, -0.05) is 12.1 Å². The number of rotatable bonds is 7. The number of nitrogens with zero attached hydrogens (tertiary/aromatic N) is 3. The van der Waals surface area contributed by atoms with Gasteiger partial charge in [-0.15, -0.1) is 11.3 Å². The number of aryl methyl sites for hydroxylation is 2. The Morgan fingerprint density at radius 1 is 1.20 bits per heavy atom. The summed E-state index contributed by atoms with van der Waals surface area (Å²) in [5.41, 5.74) is 2.04. The summed E-state index contributed by atoms with van der Waals surface area (Å²) in [6, 6.07) is 9.52. The van der Waals surface area contributed by atoms with Crippen LogP contribution in [0.2, 0.25) is 0 Å². The molecule has 0 aliphatic carbocycles. The highest BCUT2D eigenvalue weighted by molar-refractivity contribution is 7.99. The Labute approximate surface area is 184 Å². The van der Waals surface area contributed by atoms with Crippen LogP contribution in [0, 0.1) is 6.92 Å². The molecule has 1 aromatic carbocycles. The molecule has 0 bridgehead atoms. The predicted molar refractivity (Wildman–Crippen MR) is 122 cm³/mol. The van der Waals surface area contributed by atoms with Crippen LogP contribution in [-0.2, 0) is 16.6 Å². The van der Waals surface area contributed by atoms with Gasteiger partial charge in [-0.2, -0.15) is 16.1 Å². The van der Waals surface area contributed by atoms with Crippen LogP contribution in [-0.4, -0.2) is 59.3 Å². The first-order chi connectivity index (χ1) is 14.5. The number of fused-ring (bicyclic) bond motifs is 1. The zero-order chi connectivity index (χ0) is 21.1. The maximum absolute atomic E-state index is 13.0. The third-order valence-electron chi connectivity index (χ3n) is 5.11. The number of hydrogen-bond acceptors (Lipinski definition) is 6. The van der Waals surface area contributed by atoms with Crippen LogP contribution in [0.1, 0.15) is 21.9 Å². The number of benzene rings is 1. The van der Waals surface area contributed by atoms with Gasteiger partial charge in [-0.3, -0.25) is 4.79 Å². The van der Waals surface area contributed by atoms with Crippen LogP contribution in [0.25, 0.3) is 11.0 Å². The van der Waals surface area contributed by atoms with Gasteiger partial charge in [0.25, 0.3) is 5.91 Å². The number of hydrogen-bond donors (Lipinski definition) is 1. The number of sulfonamides is 1. The smallest absolute Gasteiger partial charge is 0.262 e. The number of carbonyl (C=O) groups excluding carboxylic acids is 1. The van der Waals surface area contributed by atoms with Gasteiger partial charge in [-0.05, 0) is 36.9 Å². The van der Waals surface area contributed by atoms with Gasteiger partial charge in [0.1, 0.15) is 15.6 Å². The lowest BCUT2D eigenvalue weighted by atomic mass is 10.3. The molecule has 0 saturated carbocycles. The Morgan fingerprint density at radius 2 is 1.97 bits per heavy atom. The van der Waals surface area contributed by atoms with Crippen molar-refractivity contribution in [3.8, 4) is 0 Å². The predicted octanol–water partition coefficient (Wildman–Crippen LogP) is 2.96. The molecule has 3 aromatic rings. The lowest BCUT2D eigenvalue weighted by Crippen LogP contribution is -2.38. The largest absolute Gasteiger partial charge is 0.351 e. The van der Waals surface area contributed by atoms with Crippen LogP contribution >= 0.6 is 23.1 Å². The van der Waals surface area contributed by atoms with E-state index in [1.807, 2.05) is 31.2 Å². The third kappa shape index (κ3) is 4.27. The fraction of sp³-hybridized carbons (Fsp3) is 0.400. The van der Waals surface area contributed by atoms with Crippen molar-refractivity contribution in [2.45, 2.75) is 24.8 Å². The Bertz CT molecular complexity index is 1150. The van der Waals surface area contributed by atoms with Gasteiger partial charge in [0.15, 0.2) is 0 Å². The van der Waals surface area contributed by atoms with Crippen molar-refractivity contribution >= 4 is 50.1 Å². The molecule has 1 N–H and O–H groups in total. The molecule has 1 amide bonds. The van der Waals surface area contributed by atoms with Crippen LogP contribution < -0.4 is 5.32 Å². The highest BCUT2D eigenvalue weighted by Gasteiger charge is 2.31.